The summed E-state index contributed by atoms with van der Waals surface area (Å²) in [4.78, 5) is 11.7. The van der Waals surface area contributed by atoms with Crippen molar-refractivity contribution < 1.29 is 14.0 Å². The predicted octanol–water partition coefficient (Wildman–Crippen LogP) is 1.95. The van der Waals surface area contributed by atoms with Crippen LogP contribution in [0, 0.1) is 0 Å². The van der Waals surface area contributed by atoms with Crippen LogP contribution in [0.5, 0.6) is 5.75 Å². The van der Waals surface area contributed by atoms with Crippen LogP contribution in [0.3, 0.4) is 0 Å². The van der Waals surface area contributed by atoms with Crippen molar-refractivity contribution in [3.05, 3.63) is 23.2 Å². The van der Waals surface area contributed by atoms with Crippen molar-refractivity contribution >= 4 is 25.0 Å². The van der Waals surface area contributed by atoms with E-state index < -0.39 is 7.75 Å². The van der Waals surface area contributed by atoms with Crippen LogP contribution in [0.1, 0.15) is 0 Å². The van der Waals surface area contributed by atoms with Gasteiger partial charge in [-0.3, -0.25) is 0 Å². The molecule has 2 heterocycles. The molecule has 0 aromatic heterocycles. The monoisotopic (exact) mass is 274 g/mol. The van der Waals surface area contributed by atoms with Gasteiger partial charge in [-0.1, -0.05) is 11.6 Å². The normalized spacial score (nSPS) is 22.1. The number of rotatable bonds is 4. The Labute approximate surface area is 104 Å². The summed E-state index contributed by atoms with van der Waals surface area (Å²) >= 11 is 5.91. The molecule has 0 aliphatic carbocycles. The maximum Gasteiger partial charge on any atom is 0.458 e. The highest BCUT2D eigenvalue weighted by Gasteiger charge is 2.40. The SMILES string of the molecule is O=P(O)(Oc1ccc(Cl)cc1N1CC1)N1CC1. The van der Waals surface area contributed by atoms with Crippen molar-refractivity contribution in [1.82, 2.24) is 4.67 Å². The van der Waals surface area contributed by atoms with Crippen molar-refractivity contribution in [3.63, 3.8) is 0 Å². The summed E-state index contributed by atoms with van der Waals surface area (Å²) in [6, 6.07) is 5.06. The van der Waals surface area contributed by atoms with Crippen molar-refractivity contribution in [2.24, 2.45) is 0 Å². The molecule has 1 unspecified atom stereocenters. The van der Waals surface area contributed by atoms with Crippen molar-refractivity contribution in [2.45, 2.75) is 0 Å². The van der Waals surface area contributed by atoms with Crippen LogP contribution < -0.4 is 9.42 Å². The molecular weight excluding hydrogens is 263 g/mol. The minimum Gasteiger partial charge on any atom is -0.411 e. The molecule has 2 saturated heterocycles. The van der Waals surface area contributed by atoms with Gasteiger partial charge in [0.05, 0.1) is 5.69 Å². The van der Waals surface area contributed by atoms with Crippen molar-refractivity contribution in [3.8, 4) is 5.75 Å². The van der Waals surface area contributed by atoms with E-state index in [-0.39, 0.29) is 0 Å². The Morgan fingerprint density at radius 2 is 2.00 bits per heavy atom. The van der Waals surface area contributed by atoms with E-state index in [2.05, 4.69) is 0 Å². The topological polar surface area (TPSA) is 52.5 Å². The Kier molecular flexibility index (Phi) is 2.60. The number of hydrogen-bond acceptors (Lipinski definition) is 3. The highest BCUT2D eigenvalue weighted by Crippen LogP contribution is 2.52. The Morgan fingerprint density at radius 1 is 1.29 bits per heavy atom. The smallest absolute Gasteiger partial charge is 0.411 e. The van der Waals surface area contributed by atoms with Gasteiger partial charge in [-0.2, -0.15) is 4.67 Å². The molecule has 1 aromatic rings. The van der Waals surface area contributed by atoms with E-state index in [9.17, 15) is 9.46 Å². The molecule has 7 heteroatoms. The maximum atomic E-state index is 11.8. The van der Waals surface area contributed by atoms with Gasteiger partial charge in [0.15, 0.2) is 5.75 Å². The number of halogens is 1. The summed E-state index contributed by atoms with van der Waals surface area (Å²) in [6.07, 6.45) is 0. The molecule has 1 aromatic carbocycles. The summed E-state index contributed by atoms with van der Waals surface area (Å²) in [5.41, 5.74) is 0.786. The van der Waals surface area contributed by atoms with Crippen LogP contribution in [0.15, 0.2) is 18.2 Å². The van der Waals surface area contributed by atoms with Crippen molar-refractivity contribution in [1.29, 1.82) is 0 Å². The molecule has 0 saturated carbocycles. The van der Waals surface area contributed by atoms with E-state index in [1.54, 1.807) is 18.2 Å². The van der Waals surface area contributed by atoms with Gasteiger partial charge in [-0.15, -0.1) is 0 Å². The van der Waals surface area contributed by atoms with Gasteiger partial charge in [0.25, 0.3) is 0 Å². The highest BCUT2D eigenvalue weighted by atomic mass is 35.5. The molecule has 5 nitrogen and oxygen atoms in total. The Bertz CT molecular complexity index is 502. The first kappa shape index (κ1) is 11.4. The van der Waals surface area contributed by atoms with Gasteiger partial charge >= 0.3 is 7.75 Å². The van der Waals surface area contributed by atoms with Gasteiger partial charge in [-0.25, -0.2) is 4.57 Å². The number of nitrogens with zero attached hydrogens (tertiary/aromatic N) is 2. The fraction of sp³-hybridized carbons (Fsp3) is 0.400. The van der Waals surface area contributed by atoms with Crippen LogP contribution in [0.2, 0.25) is 5.02 Å². The Balaban J connectivity index is 1.88. The molecule has 0 amide bonds. The third kappa shape index (κ3) is 2.43. The average Bonchev–Trinajstić information content (AvgIpc) is 3.14. The summed E-state index contributed by atoms with van der Waals surface area (Å²) < 4.78 is 18.5. The van der Waals surface area contributed by atoms with Crippen LogP contribution in [-0.4, -0.2) is 35.7 Å². The molecule has 2 fully saturated rings. The Hall–Kier alpha value is -0.740. The first-order chi connectivity index (χ1) is 8.06. The fourth-order valence-corrected chi connectivity index (χ4v) is 2.88. The largest absolute Gasteiger partial charge is 0.458 e. The van der Waals surface area contributed by atoms with E-state index in [1.807, 2.05) is 4.90 Å². The summed E-state index contributed by atoms with van der Waals surface area (Å²) in [7, 11) is -3.67. The molecule has 1 N–H and O–H groups in total. The van der Waals surface area contributed by atoms with E-state index >= 15 is 0 Å². The standard InChI is InChI=1S/C10H12ClN2O3P/c11-8-1-2-10(9(7-8)12-3-4-12)16-17(14,15)13-5-6-13/h1-2,7H,3-6H2,(H,14,15). The van der Waals surface area contributed by atoms with Gasteiger partial charge in [-0.05, 0) is 18.2 Å². The fourth-order valence-electron chi connectivity index (χ4n) is 1.59. The molecule has 2 aliphatic heterocycles. The predicted molar refractivity (Wildman–Crippen MR) is 65.7 cm³/mol. The van der Waals surface area contributed by atoms with E-state index in [1.165, 1.54) is 4.67 Å². The van der Waals surface area contributed by atoms with Gasteiger partial charge in [0, 0.05) is 31.2 Å². The third-order valence-electron chi connectivity index (χ3n) is 2.71. The van der Waals surface area contributed by atoms with Crippen LogP contribution in [-0.2, 0) is 4.57 Å². The number of hydrogen-bond donors (Lipinski definition) is 1. The molecule has 17 heavy (non-hydrogen) atoms. The lowest BCUT2D eigenvalue weighted by molar-refractivity contribution is 0.344. The second-order valence-electron chi connectivity index (χ2n) is 4.13. The molecular formula is C10H12ClN2O3P. The van der Waals surface area contributed by atoms with Crippen molar-refractivity contribution in [2.75, 3.05) is 31.1 Å². The lowest BCUT2D eigenvalue weighted by Crippen LogP contribution is -2.03. The quantitative estimate of drug-likeness (QED) is 0.672. The van der Waals surface area contributed by atoms with Gasteiger partial charge in [0.1, 0.15) is 0 Å². The minimum absolute atomic E-state index is 0.421. The first-order valence-electron chi connectivity index (χ1n) is 5.38. The zero-order valence-corrected chi connectivity index (χ0v) is 10.7. The first-order valence-corrected chi connectivity index (χ1v) is 7.29. The molecule has 0 spiro atoms. The van der Waals surface area contributed by atoms with E-state index in [0.717, 1.165) is 18.8 Å². The highest BCUT2D eigenvalue weighted by molar-refractivity contribution is 7.50. The van der Waals surface area contributed by atoms with E-state index in [4.69, 9.17) is 16.1 Å². The maximum absolute atomic E-state index is 11.8. The molecule has 2 aliphatic rings. The molecule has 0 bridgehead atoms. The zero-order chi connectivity index (χ0) is 12.0. The third-order valence-corrected chi connectivity index (χ3v) is 4.49. The average molecular weight is 275 g/mol. The number of benzene rings is 1. The van der Waals surface area contributed by atoms with Crippen LogP contribution in [0.25, 0.3) is 0 Å². The lowest BCUT2D eigenvalue weighted by Gasteiger charge is -2.16. The van der Waals surface area contributed by atoms with Crippen LogP contribution >= 0.6 is 19.3 Å². The molecule has 92 valence electrons. The van der Waals surface area contributed by atoms with E-state index in [0.29, 0.717) is 23.9 Å². The summed E-state index contributed by atoms with van der Waals surface area (Å²) in [5, 5.41) is 0.596. The molecule has 1 atom stereocenters. The minimum atomic E-state index is -3.67. The lowest BCUT2D eigenvalue weighted by atomic mass is 10.3. The van der Waals surface area contributed by atoms with Crippen LogP contribution in [0.4, 0.5) is 5.69 Å². The second kappa shape index (κ2) is 3.89. The summed E-state index contributed by atoms with van der Waals surface area (Å²) in [6.45, 7) is 3.08. The Morgan fingerprint density at radius 3 is 2.59 bits per heavy atom. The second-order valence-corrected chi connectivity index (χ2v) is 6.30. The molecule has 0 radical (unpaired) electrons. The number of anilines is 1. The summed E-state index contributed by atoms with van der Waals surface area (Å²) in [5.74, 6) is 0.421. The van der Waals surface area contributed by atoms with Gasteiger partial charge in [0.2, 0.25) is 0 Å². The zero-order valence-electron chi connectivity index (χ0n) is 9.04. The molecule has 3 rings (SSSR count). The van der Waals surface area contributed by atoms with Gasteiger partial charge < -0.3 is 14.3 Å².